The maximum atomic E-state index is 12.0. The summed E-state index contributed by atoms with van der Waals surface area (Å²) < 4.78 is 10.5. The predicted molar refractivity (Wildman–Crippen MR) is 104 cm³/mol. The van der Waals surface area contributed by atoms with E-state index in [2.05, 4.69) is 9.97 Å². The second-order valence-electron chi connectivity index (χ2n) is 6.18. The maximum absolute atomic E-state index is 12.0. The van der Waals surface area contributed by atoms with E-state index < -0.39 is 11.9 Å². The summed E-state index contributed by atoms with van der Waals surface area (Å²) in [5.74, 6) is -0.358. The van der Waals surface area contributed by atoms with Crippen molar-refractivity contribution in [1.82, 2.24) is 9.97 Å². The molecule has 4 aromatic rings. The number of aromatic nitrogens is 2. The number of hydrogen-bond acceptors (Lipinski definition) is 6. The van der Waals surface area contributed by atoms with Crippen LogP contribution in [0.2, 0.25) is 0 Å². The average Bonchev–Trinajstić information content (AvgIpc) is 2.72. The quantitative estimate of drug-likeness (QED) is 0.491. The molecule has 0 fully saturated rings. The summed E-state index contributed by atoms with van der Waals surface area (Å²) in [5, 5.41) is 1.74. The number of rotatable bonds is 5. The summed E-state index contributed by atoms with van der Waals surface area (Å²) in [5.41, 5.74) is 1.63. The number of fused-ring (bicyclic) bond motifs is 2. The molecule has 28 heavy (non-hydrogen) atoms. The summed E-state index contributed by atoms with van der Waals surface area (Å²) in [6.45, 7) is 0. The van der Waals surface area contributed by atoms with E-state index in [-0.39, 0.29) is 12.8 Å². The Hall–Kier alpha value is -3.80. The Balaban J connectivity index is 1.32. The SMILES string of the molecule is O=C(CCC(=O)Oc1cnc2ccccc2c1)Oc1cnc2ccccc2c1. The third-order valence-electron chi connectivity index (χ3n) is 4.13. The van der Waals surface area contributed by atoms with Gasteiger partial charge >= 0.3 is 11.9 Å². The first-order valence-corrected chi connectivity index (χ1v) is 8.78. The molecule has 2 heterocycles. The van der Waals surface area contributed by atoms with Crippen molar-refractivity contribution in [2.75, 3.05) is 0 Å². The van der Waals surface area contributed by atoms with Crippen LogP contribution >= 0.6 is 0 Å². The van der Waals surface area contributed by atoms with E-state index in [4.69, 9.17) is 9.47 Å². The van der Waals surface area contributed by atoms with Crippen LogP contribution in [-0.4, -0.2) is 21.9 Å². The average molecular weight is 372 g/mol. The van der Waals surface area contributed by atoms with Crippen molar-refractivity contribution in [3.63, 3.8) is 0 Å². The highest BCUT2D eigenvalue weighted by atomic mass is 16.5. The first kappa shape index (κ1) is 17.6. The number of carbonyl (C=O) groups is 2. The molecule has 0 amide bonds. The zero-order chi connectivity index (χ0) is 19.3. The van der Waals surface area contributed by atoms with Gasteiger partial charge in [0.05, 0.1) is 36.3 Å². The molecule has 0 spiro atoms. The number of hydrogen-bond donors (Lipinski definition) is 0. The summed E-state index contributed by atoms with van der Waals surface area (Å²) in [6.07, 6.45) is 2.79. The van der Waals surface area contributed by atoms with Crippen LogP contribution in [0.15, 0.2) is 73.1 Å². The zero-order valence-corrected chi connectivity index (χ0v) is 14.9. The molecule has 0 N–H and O–H groups in total. The van der Waals surface area contributed by atoms with E-state index in [0.717, 1.165) is 21.8 Å². The minimum absolute atomic E-state index is 0.0906. The van der Waals surface area contributed by atoms with Gasteiger partial charge in [0.2, 0.25) is 0 Å². The van der Waals surface area contributed by atoms with Gasteiger partial charge in [-0.2, -0.15) is 0 Å². The van der Waals surface area contributed by atoms with Crippen molar-refractivity contribution in [2.45, 2.75) is 12.8 Å². The van der Waals surface area contributed by atoms with Gasteiger partial charge in [0.25, 0.3) is 0 Å². The molecule has 0 aliphatic heterocycles. The summed E-state index contributed by atoms with van der Waals surface area (Å²) in [6, 6.07) is 18.5. The highest BCUT2D eigenvalue weighted by molar-refractivity contribution is 5.84. The second kappa shape index (κ2) is 7.84. The maximum Gasteiger partial charge on any atom is 0.311 e. The van der Waals surface area contributed by atoms with E-state index in [0.29, 0.717) is 11.5 Å². The summed E-state index contributed by atoms with van der Waals surface area (Å²) in [4.78, 5) is 32.5. The molecule has 6 heteroatoms. The molecule has 0 bridgehead atoms. The molecule has 0 aliphatic rings. The van der Waals surface area contributed by atoms with Gasteiger partial charge in [0, 0.05) is 10.8 Å². The lowest BCUT2D eigenvalue weighted by atomic mass is 10.2. The first-order chi connectivity index (χ1) is 13.7. The Morgan fingerprint density at radius 1 is 0.679 bits per heavy atom. The molecule has 0 radical (unpaired) electrons. The summed E-state index contributed by atoms with van der Waals surface area (Å²) in [7, 11) is 0. The van der Waals surface area contributed by atoms with E-state index in [1.807, 2.05) is 48.5 Å². The molecule has 138 valence electrons. The highest BCUT2D eigenvalue weighted by Crippen LogP contribution is 2.20. The fourth-order valence-electron chi connectivity index (χ4n) is 2.78. The van der Waals surface area contributed by atoms with E-state index in [9.17, 15) is 9.59 Å². The van der Waals surface area contributed by atoms with Gasteiger partial charge in [-0.1, -0.05) is 36.4 Å². The molecular weight excluding hydrogens is 356 g/mol. The highest BCUT2D eigenvalue weighted by Gasteiger charge is 2.12. The molecule has 0 aliphatic carbocycles. The lowest BCUT2D eigenvalue weighted by Crippen LogP contribution is -2.14. The Labute approximate surface area is 160 Å². The molecule has 2 aromatic carbocycles. The molecule has 6 nitrogen and oxygen atoms in total. The second-order valence-corrected chi connectivity index (χ2v) is 6.18. The Morgan fingerprint density at radius 2 is 1.11 bits per heavy atom. The molecule has 0 atom stereocenters. The van der Waals surface area contributed by atoms with Crippen molar-refractivity contribution in [3.8, 4) is 11.5 Å². The van der Waals surface area contributed by atoms with Gasteiger partial charge in [-0.05, 0) is 24.3 Å². The minimum atomic E-state index is -0.523. The van der Waals surface area contributed by atoms with E-state index >= 15 is 0 Å². The minimum Gasteiger partial charge on any atom is -0.425 e. The topological polar surface area (TPSA) is 78.4 Å². The molecule has 0 unspecified atom stereocenters. The van der Waals surface area contributed by atoms with Gasteiger partial charge in [0.15, 0.2) is 0 Å². The monoisotopic (exact) mass is 372 g/mol. The van der Waals surface area contributed by atoms with Crippen LogP contribution in [0.5, 0.6) is 11.5 Å². The molecule has 0 saturated heterocycles. The van der Waals surface area contributed by atoms with Gasteiger partial charge < -0.3 is 9.47 Å². The third-order valence-corrected chi connectivity index (χ3v) is 4.13. The zero-order valence-electron chi connectivity index (χ0n) is 14.9. The number of pyridine rings is 2. The third kappa shape index (κ3) is 4.12. The predicted octanol–water partition coefficient (Wildman–Crippen LogP) is 4.07. The number of nitrogens with zero attached hydrogens (tertiary/aromatic N) is 2. The van der Waals surface area contributed by atoms with Crippen LogP contribution in [0.25, 0.3) is 21.8 Å². The van der Waals surface area contributed by atoms with E-state index in [1.165, 1.54) is 12.4 Å². The van der Waals surface area contributed by atoms with Gasteiger partial charge in [-0.25, -0.2) is 0 Å². The molecule has 2 aromatic heterocycles. The smallest absolute Gasteiger partial charge is 0.311 e. The first-order valence-electron chi connectivity index (χ1n) is 8.78. The van der Waals surface area contributed by atoms with Crippen LogP contribution in [0.1, 0.15) is 12.8 Å². The number of esters is 2. The number of para-hydroxylation sites is 2. The molecule has 4 rings (SSSR count). The van der Waals surface area contributed by atoms with E-state index in [1.54, 1.807) is 12.1 Å². The van der Waals surface area contributed by atoms with Crippen molar-refractivity contribution >= 4 is 33.7 Å². The number of benzene rings is 2. The lowest BCUT2D eigenvalue weighted by molar-refractivity contribution is -0.140. The fourth-order valence-corrected chi connectivity index (χ4v) is 2.78. The normalized spacial score (nSPS) is 10.7. The molecular formula is C22H16N2O4. The van der Waals surface area contributed by atoms with Gasteiger partial charge in [0.1, 0.15) is 11.5 Å². The van der Waals surface area contributed by atoms with Gasteiger partial charge in [-0.3, -0.25) is 19.6 Å². The van der Waals surface area contributed by atoms with Crippen LogP contribution in [-0.2, 0) is 9.59 Å². The van der Waals surface area contributed by atoms with Crippen molar-refractivity contribution in [2.24, 2.45) is 0 Å². The largest absolute Gasteiger partial charge is 0.425 e. The Morgan fingerprint density at radius 3 is 1.57 bits per heavy atom. The number of carbonyl (C=O) groups excluding carboxylic acids is 2. The van der Waals surface area contributed by atoms with Crippen LogP contribution in [0.3, 0.4) is 0 Å². The van der Waals surface area contributed by atoms with Crippen LogP contribution < -0.4 is 9.47 Å². The standard InChI is InChI=1S/C22H16N2O4/c25-21(27-17-11-15-5-1-3-7-19(15)23-13-17)9-10-22(26)28-18-12-16-6-2-4-8-20(16)24-14-18/h1-8,11-14H,9-10H2. The van der Waals surface area contributed by atoms with Crippen LogP contribution in [0.4, 0.5) is 0 Å². The van der Waals surface area contributed by atoms with Crippen molar-refractivity contribution < 1.29 is 19.1 Å². The lowest BCUT2D eigenvalue weighted by Gasteiger charge is -2.06. The molecule has 0 saturated carbocycles. The Kier molecular flexibility index (Phi) is 4.93. The van der Waals surface area contributed by atoms with Gasteiger partial charge in [-0.15, -0.1) is 0 Å². The van der Waals surface area contributed by atoms with Crippen LogP contribution in [0, 0.1) is 0 Å². The van der Waals surface area contributed by atoms with Crippen molar-refractivity contribution in [1.29, 1.82) is 0 Å². The van der Waals surface area contributed by atoms with Crippen molar-refractivity contribution in [3.05, 3.63) is 73.1 Å². The summed E-state index contributed by atoms with van der Waals surface area (Å²) >= 11 is 0. The Bertz CT molecular complexity index is 1080. The fraction of sp³-hybridized carbons (Fsp3) is 0.0909. The number of ether oxygens (including phenoxy) is 2.